The first-order valence-electron chi connectivity index (χ1n) is 9.60. The molecule has 3 aromatic rings. The highest BCUT2D eigenvalue weighted by atomic mass is 35.5. The van der Waals surface area contributed by atoms with Gasteiger partial charge in [0.05, 0.1) is 17.7 Å². The van der Waals surface area contributed by atoms with Gasteiger partial charge in [-0.05, 0) is 53.9 Å². The van der Waals surface area contributed by atoms with E-state index in [2.05, 4.69) is 5.32 Å². The molecule has 30 heavy (non-hydrogen) atoms. The van der Waals surface area contributed by atoms with Gasteiger partial charge in [-0.1, -0.05) is 48.0 Å². The summed E-state index contributed by atoms with van der Waals surface area (Å²) < 4.78 is 0. The van der Waals surface area contributed by atoms with Crippen molar-refractivity contribution in [2.45, 2.75) is 13.0 Å². The largest absolute Gasteiger partial charge is 0.352 e. The number of benzene rings is 3. The van der Waals surface area contributed by atoms with E-state index in [1.54, 1.807) is 48.5 Å². The molecule has 5 nitrogen and oxygen atoms in total. The lowest BCUT2D eigenvalue weighted by molar-refractivity contribution is 0.0641. The Balaban J connectivity index is 1.34. The highest BCUT2D eigenvalue weighted by Crippen LogP contribution is 2.24. The zero-order chi connectivity index (χ0) is 21.1. The molecule has 0 unspecified atom stereocenters. The molecule has 0 aliphatic carbocycles. The molecule has 0 fully saturated rings. The molecule has 1 aliphatic rings. The van der Waals surface area contributed by atoms with Crippen molar-refractivity contribution in [2.75, 3.05) is 6.54 Å². The molecule has 6 heteroatoms. The molecule has 0 saturated carbocycles. The number of carbonyl (C=O) groups is 3. The van der Waals surface area contributed by atoms with Crippen LogP contribution in [-0.2, 0) is 13.0 Å². The Morgan fingerprint density at radius 1 is 0.833 bits per heavy atom. The Morgan fingerprint density at radius 2 is 1.50 bits per heavy atom. The zero-order valence-corrected chi connectivity index (χ0v) is 16.9. The summed E-state index contributed by atoms with van der Waals surface area (Å²) in [4.78, 5) is 38.5. The SMILES string of the molecule is O=C(NCCc1cccc(Cl)c1)c1ccc(CN2C(=O)c3ccccc3C2=O)cc1. The van der Waals surface area contributed by atoms with Crippen LogP contribution in [0.2, 0.25) is 5.02 Å². The molecule has 1 N–H and O–H groups in total. The molecule has 0 atom stereocenters. The van der Waals surface area contributed by atoms with Gasteiger partial charge < -0.3 is 5.32 Å². The average molecular weight is 419 g/mol. The summed E-state index contributed by atoms with van der Waals surface area (Å²) in [7, 11) is 0. The predicted octanol–water partition coefficient (Wildman–Crippen LogP) is 4.11. The summed E-state index contributed by atoms with van der Waals surface area (Å²) in [6.45, 7) is 0.666. The van der Waals surface area contributed by atoms with E-state index in [1.165, 1.54) is 4.90 Å². The smallest absolute Gasteiger partial charge is 0.261 e. The molecule has 0 saturated heterocycles. The second-order valence-electron chi connectivity index (χ2n) is 7.07. The van der Waals surface area contributed by atoms with Crippen molar-refractivity contribution in [2.24, 2.45) is 0 Å². The van der Waals surface area contributed by atoms with E-state index in [4.69, 9.17) is 11.6 Å². The number of halogens is 1. The third kappa shape index (κ3) is 4.11. The first kappa shape index (κ1) is 19.9. The summed E-state index contributed by atoms with van der Waals surface area (Å²) in [5, 5.41) is 3.56. The molecule has 3 aromatic carbocycles. The van der Waals surface area contributed by atoms with Gasteiger partial charge >= 0.3 is 0 Å². The second kappa shape index (κ2) is 8.51. The van der Waals surface area contributed by atoms with Gasteiger partial charge in [0.25, 0.3) is 17.7 Å². The summed E-state index contributed by atoms with van der Waals surface area (Å²) in [5.74, 6) is -0.763. The molecule has 0 bridgehead atoms. The zero-order valence-electron chi connectivity index (χ0n) is 16.1. The number of hydrogen-bond donors (Lipinski definition) is 1. The lowest BCUT2D eigenvalue weighted by Gasteiger charge is -2.14. The predicted molar refractivity (Wildman–Crippen MR) is 115 cm³/mol. The highest BCUT2D eigenvalue weighted by molar-refractivity contribution is 6.30. The first-order chi connectivity index (χ1) is 14.5. The van der Waals surface area contributed by atoms with Gasteiger partial charge in [0.1, 0.15) is 0 Å². The standard InChI is InChI=1S/C24H19ClN2O3/c25-19-5-3-4-16(14-19)12-13-26-22(28)18-10-8-17(9-11-18)15-27-23(29)20-6-1-2-7-21(20)24(27)30/h1-11,14H,12-13,15H2,(H,26,28). The maximum absolute atomic E-state index is 12.5. The van der Waals surface area contributed by atoms with Crippen LogP contribution in [0.1, 0.15) is 42.2 Å². The highest BCUT2D eigenvalue weighted by Gasteiger charge is 2.34. The molecule has 1 aliphatic heterocycles. The fraction of sp³-hybridized carbons (Fsp3) is 0.125. The van der Waals surface area contributed by atoms with Gasteiger partial charge in [-0.25, -0.2) is 0 Å². The van der Waals surface area contributed by atoms with Gasteiger partial charge in [-0.3, -0.25) is 19.3 Å². The Labute approximate surface area is 179 Å². The first-order valence-corrected chi connectivity index (χ1v) is 9.97. The van der Waals surface area contributed by atoms with Crippen LogP contribution in [0.5, 0.6) is 0 Å². The molecule has 1 heterocycles. The van der Waals surface area contributed by atoms with E-state index < -0.39 is 0 Å². The van der Waals surface area contributed by atoms with Crippen LogP contribution in [0.15, 0.2) is 72.8 Å². The number of nitrogens with zero attached hydrogens (tertiary/aromatic N) is 1. The number of nitrogens with one attached hydrogen (secondary N) is 1. The van der Waals surface area contributed by atoms with Crippen LogP contribution in [0, 0.1) is 0 Å². The van der Waals surface area contributed by atoms with Crippen molar-refractivity contribution in [1.82, 2.24) is 10.2 Å². The molecule has 0 aromatic heterocycles. The molecule has 4 rings (SSSR count). The average Bonchev–Trinajstić information content (AvgIpc) is 2.99. The van der Waals surface area contributed by atoms with Crippen molar-refractivity contribution >= 4 is 29.3 Å². The number of amides is 3. The Morgan fingerprint density at radius 3 is 2.13 bits per heavy atom. The van der Waals surface area contributed by atoms with Gasteiger partial charge in [-0.2, -0.15) is 0 Å². The molecular formula is C24H19ClN2O3. The van der Waals surface area contributed by atoms with Crippen molar-refractivity contribution in [1.29, 1.82) is 0 Å². The summed E-state index contributed by atoms with van der Waals surface area (Å²) in [5.41, 5.74) is 3.21. The fourth-order valence-corrected chi connectivity index (χ4v) is 3.65. The molecule has 0 radical (unpaired) electrons. The summed E-state index contributed by atoms with van der Waals surface area (Å²) >= 11 is 5.97. The van der Waals surface area contributed by atoms with Crippen molar-refractivity contribution in [3.63, 3.8) is 0 Å². The molecule has 0 spiro atoms. The number of carbonyl (C=O) groups excluding carboxylic acids is 3. The van der Waals surface area contributed by atoms with Gasteiger partial charge in [0.15, 0.2) is 0 Å². The topological polar surface area (TPSA) is 66.5 Å². The van der Waals surface area contributed by atoms with E-state index in [-0.39, 0.29) is 24.3 Å². The Kier molecular flexibility index (Phi) is 5.63. The van der Waals surface area contributed by atoms with Crippen molar-refractivity contribution in [3.8, 4) is 0 Å². The summed E-state index contributed by atoms with van der Waals surface area (Å²) in [6, 6.07) is 21.3. The van der Waals surface area contributed by atoms with Crippen LogP contribution >= 0.6 is 11.6 Å². The quantitative estimate of drug-likeness (QED) is 0.612. The van der Waals surface area contributed by atoms with Gasteiger partial charge in [-0.15, -0.1) is 0 Å². The number of rotatable bonds is 6. The third-order valence-electron chi connectivity index (χ3n) is 5.02. The van der Waals surface area contributed by atoms with Crippen molar-refractivity contribution < 1.29 is 14.4 Å². The Bertz CT molecular complexity index is 1090. The van der Waals surface area contributed by atoms with Crippen LogP contribution in [0.4, 0.5) is 0 Å². The van der Waals surface area contributed by atoms with Crippen molar-refractivity contribution in [3.05, 3.63) is 106 Å². The minimum absolute atomic E-state index is 0.170. The minimum atomic E-state index is -0.293. The fourth-order valence-electron chi connectivity index (χ4n) is 3.44. The second-order valence-corrected chi connectivity index (χ2v) is 7.51. The Hall–Kier alpha value is -3.44. The maximum Gasteiger partial charge on any atom is 0.261 e. The lowest BCUT2D eigenvalue weighted by atomic mass is 10.1. The van der Waals surface area contributed by atoms with Gasteiger partial charge in [0, 0.05) is 17.1 Å². The maximum atomic E-state index is 12.5. The minimum Gasteiger partial charge on any atom is -0.352 e. The number of fused-ring (bicyclic) bond motifs is 1. The molecule has 3 amide bonds. The van der Waals surface area contributed by atoms with E-state index in [1.807, 2.05) is 24.3 Å². The van der Waals surface area contributed by atoms with Gasteiger partial charge in [0.2, 0.25) is 0 Å². The molecular weight excluding hydrogens is 400 g/mol. The third-order valence-corrected chi connectivity index (χ3v) is 5.26. The lowest BCUT2D eigenvalue weighted by Crippen LogP contribution is -2.29. The number of imide groups is 1. The normalized spacial score (nSPS) is 12.8. The van der Waals surface area contributed by atoms with Crippen LogP contribution < -0.4 is 5.32 Å². The summed E-state index contributed by atoms with van der Waals surface area (Å²) in [6.07, 6.45) is 0.685. The van der Waals surface area contributed by atoms with E-state index in [9.17, 15) is 14.4 Å². The van der Waals surface area contributed by atoms with E-state index >= 15 is 0 Å². The number of hydrogen-bond acceptors (Lipinski definition) is 3. The van der Waals surface area contributed by atoms with Crippen LogP contribution in [0.25, 0.3) is 0 Å². The van der Waals surface area contributed by atoms with E-state index in [0.29, 0.717) is 34.7 Å². The van der Waals surface area contributed by atoms with E-state index in [0.717, 1.165) is 11.1 Å². The van der Waals surface area contributed by atoms with Crippen LogP contribution in [-0.4, -0.2) is 29.2 Å². The van der Waals surface area contributed by atoms with Crippen LogP contribution in [0.3, 0.4) is 0 Å². The molecule has 150 valence electrons. The monoisotopic (exact) mass is 418 g/mol.